The minimum atomic E-state index is -0.490. The SMILES string of the molecule is CC(C)CC(=O)N1CCC(NC(=O)C2CCCN2C(=O)c2cc(Cl)cc(Cl)c2)CC1. The van der Waals surface area contributed by atoms with Crippen LogP contribution in [0.3, 0.4) is 0 Å². The number of rotatable bonds is 5. The molecule has 0 saturated carbocycles. The molecule has 2 aliphatic rings. The molecule has 0 aromatic heterocycles. The van der Waals surface area contributed by atoms with Gasteiger partial charge in [-0.15, -0.1) is 0 Å². The Bertz CT molecular complexity index is 787. The second kappa shape index (κ2) is 10.0. The summed E-state index contributed by atoms with van der Waals surface area (Å²) in [5.74, 6) is 0.171. The maximum Gasteiger partial charge on any atom is 0.254 e. The molecular formula is C22H29Cl2N3O3. The van der Waals surface area contributed by atoms with Gasteiger partial charge in [0.2, 0.25) is 11.8 Å². The summed E-state index contributed by atoms with van der Waals surface area (Å²) in [6.07, 6.45) is 3.45. The molecule has 30 heavy (non-hydrogen) atoms. The summed E-state index contributed by atoms with van der Waals surface area (Å²) in [6, 6.07) is 4.27. The summed E-state index contributed by atoms with van der Waals surface area (Å²) in [4.78, 5) is 41.6. The van der Waals surface area contributed by atoms with Gasteiger partial charge in [0.1, 0.15) is 6.04 Å². The number of carbonyl (C=O) groups is 3. The molecule has 1 aromatic carbocycles. The van der Waals surface area contributed by atoms with Crippen molar-refractivity contribution in [2.24, 2.45) is 5.92 Å². The van der Waals surface area contributed by atoms with Gasteiger partial charge < -0.3 is 15.1 Å². The van der Waals surface area contributed by atoms with Crippen LogP contribution < -0.4 is 5.32 Å². The highest BCUT2D eigenvalue weighted by atomic mass is 35.5. The van der Waals surface area contributed by atoms with Gasteiger partial charge in [-0.3, -0.25) is 14.4 Å². The van der Waals surface area contributed by atoms with Crippen molar-refractivity contribution in [3.8, 4) is 0 Å². The van der Waals surface area contributed by atoms with Crippen LogP contribution in [0.5, 0.6) is 0 Å². The molecule has 164 valence electrons. The molecule has 8 heteroatoms. The summed E-state index contributed by atoms with van der Waals surface area (Å²) in [5.41, 5.74) is 0.393. The highest BCUT2D eigenvalue weighted by Crippen LogP contribution is 2.25. The molecule has 0 spiro atoms. The van der Waals surface area contributed by atoms with Gasteiger partial charge in [-0.2, -0.15) is 0 Å². The van der Waals surface area contributed by atoms with E-state index >= 15 is 0 Å². The number of carbonyl (C=O) groups excluding carboxylic acids is 3. The quantitative estimate of drug-likeness (QED) is 0.737. The Morgan fingerprint density at radius 2 is 1.67 bits per heavy atom. The maximum atomic E-state index is 12.9. The molecule has 2 aliphatic heterocycles. The molecule has 2 saturated heterocycles. The van der Waals surface area contributed by atoms with Gasteiger partial charge in [0, 0.05) is 47.7 Å². The van der Waals surface area contributed by atoms with E-state index in [-0.39, 0.29) is 23.8 Å². The van der Waals surface area contributed by atoms with Gasteiger partial charge in [0.05, 0.1) is 0 Å². The van der Waals surface area contributed by atoms with Crippen LogP contribution in [0.4, 0.5) is 0 Å². The van der Waals surface area contributed by atoms with Gasteiger partial charge in [-0.05, 0) is 49.8 Å². The zero-order valence-corrected chi connectivity index (χ0v) is 19.0. The Labute approximate surface area is 187 Å². The number of likely N-dealkylation sites (tertiary alicyclic amines) is 2. The summed E-state index contributed by atoms with van der Waals surface area (Å²) >= 11 is 12.1. The van der Waals surface area contributed by atoms with Crippen LogP contribution in [-0.4, -0.2) is 59.2 Å². The lowest BCUT2D eigenvalue weighted by Gasteiger charge is -2.34. The van der Waals surface area contributed by atoms with E-state index in [1.165, 1.54) is 0 Å². The van der Waals surface area contributed by atoms with E-state index in [2.05, 4.69) is 5.32 Å². The van der Waals surface area contributed by atoms with E-state index < -0.39 is 6.04 Å². The Balaban J connectivity index is 1.56. The molecule has 2 fully saturated rings. The Morgan fingerprint density at radius 3 is 2.27 bits per heavy atom. The minimum Gasteiger partial charge on any atom is -0.351 e. The Hall–Kier alpha value is -1.79. The van der Waals surface area contributed by atoms with Crippen molar-refractivity contribution >= 4 is 40.9 Å². The molecule has 6 nitrogen and oxygen atoms in total. The van der Waals surface area contributed by atoms with E-state index in [9.17, 15) is 14.4 Å². The molecule has 1 N–H and O–H groups in total. The lowest BCUT2D eigenvalue weighted by atomic mass is 10.0. The average Bonchev–Trinajstić information content (AvgIpc) is 3.16. The third-order valence-corrected chi connectivity index (χ3v) is 6.14. The van der Waals surface area contributed by atoms with Crippen molar-refractivity contribution in [2.75, 3.05) is 19.6 Å². The van der Waals surface area contributed by atoms with Gasteiger partial charge in [-0.1, -0.05) is 37.0 Å². The standard InChI is InChI=1S/C22H29Cl2N3O3/c1-14(2)10-20(28)26-8-5-18(6-9-26)25-21(29)19-4-3-7-27(19)22(30)15-11-16(23)13-17(24)12-15/h11-14,18-19H,3-10H2,1-2H3,(H,25,29). The monoisotopic (exact) mass is 453 g/mol. The van der Waals surface area contributed by atoms with Crippen LogP contribution in [0.25, 0.3) is 0 Å². The first kappa shape index (κ1) is 22.9. The van der Waals surface area contributed by atoms with E-state index in [4.69, 9.17) is 23.2 Å². The van der Waals surface area contributed by atoms with E-state index in [0.29, 0.717) is 54.0 Å². The van der Waals surface area contributed by atoms with Crippen molar-refractivity contribution in [3.05, 3.63) is 33.8 Å². The van der Waals surface area contributed by atoms with Crippen LogP contribution in [0, 0.1) is 5.92 Å². The highest BCUT2D eigenvalue weighted by molar-refractivity contribution is 6.35. The first-order chi connectivity index (χ1) is 14.2. The number of hydrogen-bond donors (Lipinski definition) is 1. The van der Waals surface area contributed by atoms with Crippen LogP contribution in [0.1, 0.15) is 56.3 Å². The number of benzene rings is 1. The fourth-order valence-corrected chi connectivity index (χ4v) is 4.70. The van der Waals surface area contributed by atoms with Gasteiger partial charge >= 0.3 is 0 Å². The topological polar surface area (TPSA) is 69.7 Å². The van der Waals surface area contributed by atoms with Crippen molar-refractivity contribution in [2.45, 2.75) is 58.0 Å². The molecule has 3 rings (SSSR count). The predicted molar refractivity (Wildman–Crippen MR) is 118 cm³/mol. The Morgan fingerprint density at radius 1 is 1.03 bits per heavy atom. The molecule has 0 radical (unpaired) electrons. The first-order valence-electron chi connectivity index (χ1n) is 10.6. The molecule has 2 heterocycles. The molecule has 1 aromatic rings. The fourth-order valence-electron chi connectivity index (χ4n) is 4.17. The minimum absolute atomic E-state index is 0.0266. The lowest BCUT2D eigenvalue weighted by Crippen LogP contribution is -2.52. The zero-order valence-electron chi connectivity index (χ0n) is 17.5. The third-order valence-electron chi connectivity index (χ3n) is 5.70. The summed E-state index contributed by atoms with van der Waals surface area (Å²) in [6.45, 7) is 5.92. The highest BCUT2D eigenvalue weighted by Gasteiger charge is 2.36. The number of piperidine rings is 1. The van der Waals surface area contributed by atoms with Gasteiger partial charge in [-0.25, -0.2) is 0 Å². The normalized spacial score (nSPS) is 20.0. The van der Waals surface area contributed by atoms with Crippen molar-refractivity contribution in [1.29, 1.82) is 0 Å². The number of halogens is 2. The maximum absolute atomic E-state index is 12.9. The van der Waals surface area contributed by atoms with E-state index in [0.717, 1.165) is 19.3 Å². The fraction of sp³-hybridized carbons (Fsp3) is 0.591. The smallest absolute Gasteiger partial charge is 0.254 e. The van der Waals surface area contributed by atoms with Gasteiger partial charge in [0.25, 0.3) is 5.91 Å². The van der Waals surface area contributed by atoms with Gasteiger partial charge in [0.15, 0.2) is 0 Å². The van der Waals surface area contributed by atoms with E-state index in [1.807, 2.05) is 18.7 Å². The van der Waals surface area contributed by atoms with Crippen molar-refractivity contribution in [3.63, 3.8) is 0 Å². The number of amides is 3. The molecular weight excluding hydrogens is 425 g/mol. The van der Waals surface area contributed by atoms with Crippen LogP contribution in [-0.2, 0) is 9.59 Å². The molecule has 1 atom stereocenters. The summed E-state index contributed by atoms with van der Waals surface area (Å²) in [7, 11) is 0. The van der Waals surface area contributed by atoms with Crippen molar-refractivity contribution < 1.29 is 14.4 Å². The van der Waals surface area contributed by atoms with E-state index in [1.54, 1.807) is 23.1 Å². The molecule has 3 amide bonds. The second-order valence-corrected chi connectivity index (χ2v) is 9.45. The molecule has 0 aliphatic carbocycles. The second-order valence-electron chi connectivity index (χ2n) is 8.58. The average molecular weight is 454 g/mol. The molecule has 1 unspecified atom stereocenters. The zero-order chi connectivity index (χ0) is 21.8. The number of nitrogens with zero attached hydrogens (tertiary/aromatic N) is 2. The third kappa shape index (κ3) is 5.67. The first-order valence-corrected chi connectivity index (χ1v) is 11.4. The summed E-state index contributed by atoms with van der Waals surface area (Å²) in [5, 5.41) is 3.88. The molecule has 0 bridgehead atoms. The lowest BCUT2D eigenvalue weighted by molar-refractivity contribution is -0.133. The summed E-state index contributed by atoms with van der Waals surface area (Å²) < 4.78 is 0. The number of nitrogens with one attached hydrogen (secondary N) is 1. The van der Waals surface area contributed by atoms with Crippen molar-refractivity contribution in [1.82, 2.24) is 15.1 Å². The largest absolute Gasteiger partial charge is 0.351 e. The van der Waals surface area contributed by atoms with Crippen LogP contribution in [0.2, 0.25) is 10.0 Å². The van der Waals surface area contributed by atoms with Crippen LogP contribution in [0.15, 0.2) is 18.2 Å². The predicted octanol–water partition coefficient (Wildman–Crippen LogP) is 3.75. The van der Waals surface area contributed by atoms with Crippen LogP contribution >= 0.6 is 23.2 Å². The Kier molecular flexibility index (Phi) is 7.64. The number of hydrogen-bond acceptors (Lipinski definition) is 3.